The Bertz CT molecular complexity index is 476. The van der Waals surface area contributed by atoms with E-state index in [1.807, 2.05) is 19.2 Å². The molecule has 2 aliphatic rings. The average molecular weight is 338 g/mol. The van der Waals surface area contributed by atoms with Gasteiger partial charge in [-0.25, -0.2) is 4.39 Å². The Morgan fingerprint density at radius 2 is 1.96 bits per heavy atom. The van der Waals surface area contributed by atoms with Crippen LogP contribution in [0.15, 0.2) is 24.3 Å². The van der Waals surface area contributed by atoms with Crippen molar-refractivity contribution in [3.8, 4) is 0 Å². The van der Waals surface area contributed by atoms with Crippen molar-refractivity contribution in [3.63, 3.8) is 0 Å². The Labute approximate surface area is 143 Å². The van der Waals surface area contributed by atoms with Crippen molar-refractivity contribution in [1.29, 1.82) is 0 Å². The van der Waals surface area contributed by atoms with Crippen LogP contribution in [-0.2, 0) is 0 Å². The molecule has 2 fully saturated rings. The molecule has 0 aliphatic carbocycles. The summed E-state index contributed by atoms with van der Waals surface area (Å²) in [5.74, 6) is 2.87. The van der Waals surface area contributed by atoms with E-state index in [-0.39, 0.29) is 5.82 Å². The van der Waals surface area contributed by atoms with Crippen LogP contribution < -0.4 is 5.32 Å². The molecule has 0 amide bonds. The molecule has 0 aromatic heterocycles. The third kappa shape index (κ3) is 4.47. The topological polar surface area (TPSA) is 18.5 Å². The highest BCUT2D eigenvalue weighted by molar-refractivity contribution is 7.99. The summed E-state index contributed by atoms with van der Waals surface area (Å²) in [6, 6.07) is 7.03. The largest absolute Gasteiger partial charge is 0.319 e. The van der Waals surface area contributed by atoms with E-state index < -0.39 is 0 Å². The van der Waals surface area contributed by atoms with E-state index in [0.717, 1.165) is 19.5 Å². The monoisotopic (exact) mass is 337 g/mol. The molecule has 2 heterocycles. The SMILES string of the molecule is CNC[C@@H](CCN1CCC1N1CCSCC1)c1ccc(F)cc1. The molecule has 0 saturated carbocycles. The van der Waals surface area contributed by atoms with Crippen molar-refractivity contribution in [3.05, 3.63) is 35.6 Å². The first-order chi connectivity index (χ1) is 11.3. The first-order valence-corrected chi connectivity index (χ1v) is 9.89. The quantitative estimate of drug-likeness (QED) is 0.824. The minimum atomic E-state index is -0.150. The summed E-state index contributed by atoms with van der Waals surface area (Å²) in [6.45, 7) is 5.79. The summed E-state index contributed by atoms with van der Waals surface area (Å²) in [5.41, 5.74) is 1.24. The van der Waals surface area contributed by atoms with Crippen molar-refractivity contribution in [2.24, 2.45) is 0 Å². The number of hydrogen-bond donors (Lipinski definition) is 1. The molecule has 2 saturated heterocycles. The van der Waals surface area contributed by atoms with Crippen LogP contribution in [0.5, 0.6) is 0 Å². The van der Waals surface area contributed by atoms with E-state index in [4.69, 9.17) is 0 Å². The molecular formula is C18H28FN3S. The second-order valence-electron chi connectivity index (χ2n) is 6.55. The number of nitrogens with zero attached hydrogens (tertiary/aromatic N) is 2. The van der Waals surface area contributed by atoms with Gasteiger partial charge in [0.15, 0.2) is 0 Å². The standard InChI is InChI=1S/C18H28FN3S/c1-20-14-16(15-2-4-17(19)5-3-15)6-8-21-9-7-18(21)22-10-12-23-13-11-22/h2-5,16,18,20H,6-14H2,1H3/t16-,18?/m1/s1. The van der Waals surface area contributed by atoms with Crippen molar-refractivity contribution >= 4 is 11.8 Å². The van der Waals surface area contributed by atoms with Gasteiger partial charge in [0.1, 0.15) is 5.82 Å². The van der Waals surface area contributed by atoms with Gasteiger partial charge in [-0.15, -0.1) is 0 Å². The lowest BCUT2D eigenvalue weighted by atomic mass is 9.94. The summed E-state index contributed by atoms with van der Waals surface area (Å²) in [4.78, 5) is 5.28. The maximum Gasteiger partial charge on any atom is 0.123 e. The van der Waals surface area contributed by atoms with Crippen molar-refractivity contribution in [2.45, 2.75) is 24.9 Å². The van der Waals surface area contributed by atoms with E-state index in [1.54, 1.807) is 12.1 Å². The van der Waals surface area contributed by atoms with Gasteiger partial charge in [0.05, 0.1) is 6.17 Å². The highest BCUT2D eigenvalue weighted by Crippen LogP contribution is 2.27. The van der Waals surface area contributed by atoms with Crippen LogP contribution in [0, 0.1) is 5.82 Å². The van der Waals surface area contributed by atoms with Gasteiger partial charge < -0.3 is 5.32 Å². The summed E-state index contributed by atoms with van der Waals surface area (Å²) in [7, 11) is 1.99. The Morgan fingerprint density at radius 1 is 1.22 bits per heavy atom. The molecule has 1 unspecified atom stereocenters. The van der Waals surface area contributed by atoms with Crippen LogP contribution in [0.2, 0.25) is 0 Å². The van der Waals surface area contributed by atoms with Crippen LogP contribution in [0.25, 0.3) is 0 Å². The van der Waals surface area contributed by atoms with Gasteiger partial charge in [-0.1, -0.05) is 12.1 Å². The fraction of sp³-hybridized carbons (Fsp3) is 0.667. The molecule has 0 radical (unpaired) electrons. The van der Waals surface area contributed by atoms with Gasteiger partial charge in [0, 0.05) is 44.2 Å². The van der Waals surface area contributed by atoms with Gasteiger partial charge >= 0.3 is 0 Å². The zero-order valence-corrected chi connectivity index (χ0v) is 14.8. The summed E-state index contributed by atoms with van der Waals surface area (Å²) < 4.78 is 13.1. The number of hydrogen-bond acceptors (Lipinski definition) is 4. The van der Waals surface area contributed by atoms with Gasteiger partial charge in [-0.05, 0) is 43.5 Å². The highest BCUT2D eigenvalue weighted by atomic mass is 32.2. The summed E-state index contributed by atoms with van der Waals surface area (Å²) in [6.07, 6.45) is 3.11. The third-order valence-electron chi connectivity index (χ3n) is 5.12. The van der Waals surface area contributed by atoms with Crippen molar-refractivity contribution in [2.75, 3.05) is 51.3 Å². The second-order valence-corrected chi connectivity index (χ2v) is 7.77. The molecule has 2 aliphatic heterocycles. The molecule has 1 N–H and O–H groups in total. The van der Waals surface area contributed by atoms with Crippen LogP contribution in [-0.4, -0.2) is 67.2 Å². The van der Waals surface area contributed by atoms with Crippen molar-refractivity contribution < 1.29 is 4.39 Å². The zero-order valence-electron chi connectivity index (χ0n) is 14.0. The van der Waals surface area contributed by atoms with Crippen LogP contribution >= 0.6 is 11.8 Å². The van der Waals surface area contributed by atoms with E-state index >= 15 is 0 Å². The van der Waals surface area contributed by atoms with E-state index in [1.165, 1.54) is 43.1 Å². The molecule has 2 atom stereocenters. The molecule has 0 bridgehead atoms. The first-order valence-electron chi connectivity index (χ1n) is 8.74. The molecule has 1 aromatic carbocycles. The molecule has 1 aromatic rings. The minimum absolute atomic E-state index is 0.150. The first kappa shape index (κ1) is 17.2. The number of benzene rings is 1. The van der Waals surface area contributed by atoms with Crippen LogP contribution in [0.4, 0.5) is 4.39 Å². The Hall–Kier alpha value is -0.620. The molecule has 3 rings (SSSR count). The molecule has 0 spiro atoms. The molecule has 3 nitrogen and oxygen atoms in total. The third-order valence-corrected chi connectivity index (χ3v) is 6.06. The Morgan fingerprint density at radius 3 is 2.57 bits per heavy atom. The molecule has 23 heavy (non-hydrogen) atoms. The number of halogens is 1. The molecule has 5 heteroatoms. The lowest BCUT2D eigenvalue weighted by molar-refractivity contribution is -0.0310. The van der Waals surface area contributed by atoms with Crippen molar-refractivity contribution in [1.82, 2.24) is 15.1 Å². The number of likely N-dealkylation sites (N-methyl/N-ethyl adjacent to an activating group) is 1. The van der Waals surface area contributed by atoms with Gasteiger partial charge in [-0.2, -0.15) is 11.8 Å². The Kier molecular flexibility index (Phi) is 6.34. The average Bonchev–Trinajstić information content (AvgIpc) is 2.55. The molecule has 128 valence electrons. The maximum absolute atomic E-state index is 13.1. The van der Waals surface area contributed by atoms with Gasteiger partial charge in [0.25, 0.3) is 0 Å². The summed E-state index contributed by atoms with van der Waals surface area (Å²) in [5, 5.41) is 3.29. The smallest absolute Gasteiger partial charge is 0.123 e. The fourth-order valence-corrected chi connectivity index (χ4v) is 4.60. The van der Waals surface area contributed by atoms with E-state index in [2.05, 4.69) is 26.9 Å². The predicted octanol–water partition coefficient (Wildman–Crippen LogP) is 2.60. The molecular weight excluding hydrogens is 309 g/mol. The maximum atomic E-state index is 13.1. The predicted molar refractivity (Wildman–Crippen MR) is 96.6 cm³/mol. The van der Waals surface area contributed by atoms with Crippen LogP contribution in [0.1, 0.15) is 24.3 Å². The second kappa shape index (κ2) is 8.47. The number of nitrogens with one attached hydrogen (secondary N) is 1. The van der Waals surface area contributed by atoms with Gasteiger partial charge in [0.2, 0.25) is 0 Å². The fourth-order valence-electron chi connectivity index (χ4n) is 3.67. The number of rotatable bonds is 7. The highest BCUT2D eigenvalue weighted by Gasteiger charge is 2.33. The zero-order chi connectivity index (χ0) is 16.1. The summed E-state index contributed by atoms with van der Waals surface area (Å²) >= 11 is 2.08. The lowest BCUT2D eigenvalue weighted by Crippen LogP contribution is -2.59. The minimum Gasteiger partial charge on any atom is -0.319 e. The Balaban J connectivity index is 1.53. The van der Waals surface area contributed by atoms with E-state index in [0.29, 0.717) is 12.1 Å². The number of thioether (sulfide) groups is 1. The number of likely N-dealkylation sites (tertiary alicyclic amines) is 1. The lowest BCUT2D eigenvalue weighted by Gasteiger charge is -2.49. The van der Waals surface area contributed by atoms with E-state index in [9.17, 15) is 4.39 Å². The van der Waals surface area contributed by atoms with Gasteiger partial charge in [-0.3, -0.25) is 9.80 Å². The normalized spacial score (nSPS) is 24.3. The van der Waals surface area contributed by atoms with Crippen LogP contribution in [0.3, 0.4) is 0 Å².